The molecule has 1 aromatic carbocycles. The molecule has 1 aromatic heterocycles. The molecular formula is C10H7BrN2O2. The summed E-state index contributed by atoms with van der Waals surface area (Å²) in [5.41, 5.74) is 5.25. The largest absolute Gasteiger partial charge is 0.365 e. The van der Waals surface area contributed by atoms with Gasteiger partial charge in [-0.05, 0) is 23.6 Å². The van der Waals surface area contributed by atoms with E-state index in [4.69, 9.17) is 5.73 Å². The predicted octanol–water partition coefficient (Wildman–Crippen LogP) is 1.39. The van der Waals surface area contributed by atoms with Crippen molar-refractivity contribution in [3.05, 3.63) is 44.7 Å². The molecule has 0 bridgehead atoms. The summed E-state index contributed by atoms with van der Waals surface area (Å²) >= 11 is 3.29. The average molecular weight is 267 g/mol. The number of amides is 1. The van der Waals surface area contributed by atoms with E-state index in [-0.39, 0.29) is 5.56 Å². The van der Waals surface area contributed by atoms with Crippen LogP contribution in [0, 0.1) is 0 Å². The maximum absolute atomic E-state index is 11.4. The first-order chi connectivity index (χ1) is 7.08. The minimum atomic E-state index is -0.721. The number of pyridine rings is 1. The SMILES string of the molecule is NC(=O)c1cc2ccc(Br)cc2[nH]c1=O. The van der Waals surface area contributed by atoms with E-state index in [0.717, 1.165) is 9.86 Å². The molecule has 0 unspecified atom stereocenters. The van der Waals surface area contributed by atoms with Gasteiger partial charge < -0.3 is 10.7 Å². The Balaban J connectivity index is 2.82. The van der Waals surface area contributed by atoms with Crippen molar-refractivity contribution in [1.29, 1.82) is 0 Å². The lowest BCUT2D eigenvalue weighted by atomic mass is 10.1. The van der Waals surface area contributed by atoms with Crippen molar-refractivity contribution in [2.24, 2.45) is 5.73 Å². The smallest absolute Gasteiger partial charge is 0.261 e. The van der Waals surface area contributed by atoms with E-state index in [0.29, 0.717) is 5.52 Å². The Bertz CT molecular complexity index is 604. The van der Waals surface area contributed by atoms with Crippen LogP contribution >= 0.6 is 15.9 Å². The third kappa shape index (κ3) is 1.78. The molecule has 3 N–H and O–H groups in total. The van der Waals surface area contributed by atoms with E-state index >= 15 is 0 Å². The van der Waals surface area contributed by atoms with Crippen LogP contribution in [0.3, 0.4) is 0 Å². The van der Waals surface area contributed by atoms with Crippen LogP contribution in [0.5, 0.6) is 0 Å². The molecule has 0 aliphatic rings. The van der Waals surface area contributed by atoms with E-state index in [1.165, 1.54) is 6.07 Å². The van der Waals surface area contributed by atoms with E-state index in [1.54, 1.807) is 12.1 Å². The Kier molecular flexibility index (Phi) is 2.32. The number of aromatic amines is 1. The van der Waals surface area contributed by atoms with Gasteiger partial charge in [0.2, 0.25) is 0 Å². The lowest BCUT2D eigenvalue weighted by molar-refractivity contribution is 0.0999. The molecule has 1 heterocycles. The van der Waals surface area contributed by atoms with Gasteiger partial charge in [-0.1, -0.05) is 22.0 Å². The van der Waals surface area contributed by atoms with Crippen LogP contribution in [0.25, 0.3) is 10.9 Å². The number of rotatable bonds is 1. The number of benzene rings is 1. The molecule has 0 radical (unpaired) electrons. The van der Waals surface area contributed by atoms with Gasteiger partial charge in [0.15, 0.2) is 0 Å². The van der Waals surface area contributed by atoms with Gasteiger partial charge in [0.1, 0.15) is 5.56 Å². The van der Waals surface area contributed by atoms with Gasteiger partial charge >= 0.3 is 0 Å². The minimum absolute atomic E-state index is 0.0233. The molecule has 0 saturated carbocycles. The van der Waals surface area contributed by atoms with Gasteiger partial charge in [-0.15, -0.1) is 0 Å². The lowest BCUT2D eigenvalue weighted by Crippen LogP contribution is -2.23. The minimum Gasteiger partial charge on any atom is -0.365 e. The van der Waals surface area contributed by atoms with Crippen molar-refractivity contribution < 1.29 is 4.79 Å². The first-order valence-electron chi connectivity index (χ1n) is 4.20. The number of carbonyl (C=O) groups is 1. The summed E-state index contributed by atoms with van der Waals surface area (Å²) in [5.74, 6) is -0.721. The molecule has 76 valence electrons. The van der Waals surface area contributed by atoms with Crippen LogP contribution in [0.2, 0.25) is 0 Å². The standard InChI is InChI=1S/C10H7BrN2O2/c11-6-2-1-5-3-7(9(12)14)10(15)13-8(5)4-6/h1-4H,(H2,12,14)(H,13,15). The molecule has 0 aliphatic heterocycles. The van der Waals surface area contributed by atoms with Crippen LogP contribution in [0.1, 0.15) is 10.4 Å². The Morgan fingerprint density at radius 1 is 1.33 bits per heavy atom. The molecule has 0 fully saturated rings. The number of carbonyl (C=O) groups excluding carboxylic acids is 1. The number of nitrogens with one attached hydrogen (secondary N) is 1. The highest BCUT2D eigenvalue weighted by Gasteiger charge is 2.07. The van der Waals surface area contributed by atoms with Gasteiger partial charge in [0.25, 0.3) is 11.5 Å². The fourth-order valence-electron chi connectivity index (χ4n) is 1.36. The van der Waals surface area contributed by atoms with Crippen molar-refractivity contribution in [2.75, 3.05) is 0 Å². The number of hydrogen-bond acceptors (Lipinski definition) is 2. The topological polar surface area (TPSA) is 76.0 Å². The molecule has 4 nitrogen and oxygen atoms in total. The maximum Gasteiger partial charge on any atom is 0.261 e. The number of primary amides is 1. The fourth-order valence-corrected chi connectivity index (χ4v) is 1.72. The molecule has 0 atom stereocenters. The fraction of sp³-hybridized carbons (Fsp3) is 0. The van der Waals surface area contributed by atoms with E-state index in [9.17, 15) is 9.59 Å². The van der Waals surface area contributed by atoms with Gasteiger partial charge in [0.05, 0.1) is 0 Å². The zero-order chi connectivity index (χ0) is 11.0. The normalized spacial score (nSPS) is 10.5. The van der Waals surface area contributed by atoms with Crippen LogP contribution in [0.15, 0.2) is 33.5 Å². The molecule has 1 amide bonds. The van der Waals surface area contributed by atoms with Crippen molar-refractivity contribution in [2.45, 2.75) is 0 Å². The number of nitrogens with two attached hydrogens (primary N) is 1. The van der Waals surface area contributed by atoms with E-state index < -0.39 is 11.5 Å². The van der Waals surface area contributed by atoms with Gasteiger partial charge in [-0.3, -0.25) is 9.59 Å². The predicted molar refractivity (Wildman–Crippen MR) is 60.8 cm³/mol. The highest BCUT2D eigenvalue weighted by molar-refractivity contribution is 9.10. The number of hydrogen-bond donors (Lipinski definition) is 2. The lowest BCUT2D eigenvalue weighted by Gasteiger charge is -2.00. The van der Waals surface area contributed by atoms with Gasteiger partial charge in [-0.2, -0.15) is 0 Å². The summed E-state index contributed by atoms with van der Waals surface area (Å²) in [6, 6.07) is 6.87. The second-order valence-electron chi connectivity index (χ2n) is 3.11. The number of halogens is 1. The quantitative estimate of drug-likeness (QED) is 0.819. The molecule has 2 aromatic rings. The number of H-pyrrole nitrogens is 1. The van der Waals surface area contributed by atoms with Crippen molar-refractivity contribution in [3.63, 3.8) is 0 Å². The second kappa shape index (κ2) is 3.51. The Morgan fingerprint density at radius 3 is 2.73 bits per heavy atom. The van der Waals surface area contributed by atoms with Crippen LogP contribution in [0.4, 0.5) is 0 Å². The zero-order valence-corrected chi connectivity index (χ0v) is 9.17. The van der Waals surface area contributed by atoms with E-state index in [1.807, 2.05) is 6.07 Å². The van der Waals surface area contributed by atoms with E-state index in [2.05, 4.69) is 20.9 Å². The van der Waals surface area contributed by atoms with Crippen LogP contribution in [-0.4, -0.2) is 10.9 Å². The van der Waals surface area contributed by atoms with Crippen molar-refractivity contribution in [3.8, 4) is 0 Å². The molecular weight excluding hydrogens is 260 g/mol. The summed E-state index contributed by atoms with van der Waals surface area (Å²) in [7, 11) is 0. The highest BCUT2D eigenvalue weighted by atomic mass is 79.9. The monoisotopic (exact) mass is 266 g/mol. The highest BCUT2D eigenvalue weighted by Crippen LogP contribution is 2.17. The maximum atomic E-state index is 11.4. The third-order valence-electron chi connectivity index (χ3n) is 2.07. The first kappa shape index (κ1) is 9.92. The summed E-state index contributed by atoms with van der Waals surface area (Å²) in [6.07, 6.45) is 0. The zero-order valence-electron chi connectivity index (χ0n) is 7.58. The Hall–Kier alpha value is -1.62. The van der Waals surface area contributed by atoms with Crippen LogP contribution < -0.4 is 11.3 Å². The molecule has 15 heavy (non-hydrogen) atoms. The molecule has 0 saturated heterocycles. The molecule has 0 spiro atoms. The Morgan fingerprint density at radius 2 is 2.07 bits per heavy atom. The first-order valence-corrected chi connectivity index (χ1v) is 4.99. The summed E-state index contributed by atoms with van der Waals surface area (Å²) < 4.78 is 0.859. The Labute approximate surface area is 93.2 Å². The van der Waals surface area contributed by atoms with Gasteiger partial charge in [0, 0.05) is 9.99 Å². The summed E-state index contributed by atoms with van der Waals surface area (Å²) in [4.78, 5) is 24.9. The number of aromatic nitrogens is 1. The molecule has 0 aliphatic carbocycles. The third-order valence-corrected chi connectivity index (χ3v) is 2.57. The van der Waals surface area contributed by atoms with Crippen molar-refractivity contribution >= 4 is 32.7 Å². The summed E-state index contributed by atoms with van der Waals surface area (Å²) in [6.45, 7) is 0. The molecule has 2 rings (SSSR count). The second-order valence-corrected chi connectivity index (χ2v) is 4.02. The number of fused-ring (bicyclic) bond motifs is 1. The van der Waals surface area contributed by atoms with Crippen molar-refractivity contribution in [1.82, 2.24) is 4.98 Å². The molecule has 5 heteroatoms. The van der Waals surface area contributed by atoms with Crippen LogP contribution in [-0.2, 0) is 0 Å². The van der Waals surface area contributed by atoms with Gasteiger partial charge in [-0.25, -0.2) is 0 Å². The average Bonchev–Trinajstić information content (AvgIpc) is 2.15. The summed E-state index contributed by atoms with van der Waals surface area (Å²) in [5, 5.41) is 0.770.